The number of nitrogen functional groups attached to an aromatic ring is 1. The van der Waals surface area contributed by atoms with E-state index in [2.05, 4.69) is 5.32 Å². The summed E-state index contributed by atoms with van der Waals surface area (Å²) in [6.07, 6.45) is 1.96. The predicted octanol–water partition coefficient (Wildman–Crippen LogP) is 1.08. The first-order chi connectivity index (χ1) is 8.08. The van der Waals surface area contributed by atoms with Crippen LogP contribution in [-0.2, 0) is 0 Å². The second kappa shape index (κ2) is 4.37. The van der Waals surface area contributed by atoms with Gasteiger partial charge >= 0.3 is 0 Å². The molecule has 0 spiro atoms. The highest BCUT2D eigenvalue weighted by Gasteiger charge is 2.42. The third kappa shape index (κ3) is 2.42. The number of nitrogens with one attached hydrogen (secondary N) is 1. The monoisotopic (exact) mass is 234 g/mol. The smallest absolute Gasteiger partial charge is 0.253 e. The molecule has 1 amide bonds. The first kappa shape index (κ1) is 11.9. The molecule has 4 heteroatoms. The molecule has 1 fully saturated rings. The van der Waals surface area contributed by atoms with Gasteiger partial charge in [0.05, 0.1) is 12.2 Å². The number of carbonyl (C=O) groups excluding carboxylic acids is 1. The Hall–Kier alpha value is -1.55. The van der Waals surface area contributed by atoms with Gasteiger partial charge in [0, 0.05) is 17.6 Å². The van der Waals surface area contributed by atoms with Gasteiger partial charge in [0.2, 0.25) is 0 Å². The minimum atomic E-state index is -0.161. The van der Waals surface area contributed by atoms with Crippen molar-refractivity contribution in [1.29, 1.82) is 0 Å². The van der Waals surface area contributed by atoms with Gasteiger partial charge in [-0.05, 0) is 31.4 Å². The lowest BCUT2D eigenvalue weighted by Crippen LogP contribution is -2.32. The fourth-order valence-corrected chi connectivity index (χ4v) is 1.81. The van der Waals surface area contributed by atoms with Crippen molar-refractivity contribution >= 4 is 11.6 Å². The van der Waals surface area contributed by atoms with Gasteiger partial charge in [0.25, 0.3) is 5.91 Å². The van der Waals surface area contributed by atoms with Crippen LogP contribution in [0, 0.1) is 12.3 Å². The molecule has 1 aliphatic rings. The molecule has 92 valence electrons. The van der Waals surface area contributed by atoms with Crippen molar-refractivity contribution in [3.8, 4) is 0 Å². The van der Waals surface area contributed by atoms with Crippen LogP contribution >= 0.6 is 0 Å². The van der Waals surface area contributed by atoms with Crippen LogP contribution in [0.1, 0.15) is 28.8 Å². The van der Waals surface area contributed by atoms with Crippen molar-refractivity contribution < 1.29 is 9.90 Å². The number of hydrogen-bond acceptors (Lipinski definition) is 3. The standard InChI is InChI=1S/C13H18N2O2/c1-9-3-2-4-10(11(9)14)12(17)15-7-13(8-16)5-6-13/h2-4,16H,5-8,14H2,1H3,(H,15,17). The first-order valence-corrected chi connectivity index (χ1v) is 5.82. The molecule has 1 aromatic rings. The van der Waals surface area contributed by atoms with Crippen molar-refractivity contribution in [2.24, 2.45) is 5.41 Å². The maximum Gasteiger partial charge on any atom is 0.253 e. The second-order valence-corrected chi connectivity index (χ2v) is 4.88. The Kier molecular flexibility index (Phi) is 3.07. The summed E-state index contributed by atoms with van der Waals surface area (Å²) in [6, 6.07) is 5.41. The van der Waals surface area contributed by atoms with E-state index in [9.17, 15) is 4.79 Å². The van der Waals surface area contributed by atoms with E-state index >= 15 is 0 Å². The number of anilines is 1. The van der Waals surface area contributed by atoms with Crippen LogP contribution in [-0.4, -0.2) is 24.2 Å². The van der Waals surface area contributed by atoms with Gasteiger partial charge in [-0.3, -0.25) is 4.79 Å². The largest absolute Gasteiger partial charge is 0.398 e. The van der Waals surface area contributed by atoms with E-state index in [4.69, 9.17) is 10.8 Å². The Bertz CT molecular complexity index is 439. The number of aryl methyl sites for hydroxylation is 1. The highest BCUT2D eigenvalue weighted by Crippen LogP contribution is 2.44. The van der Waals surface area contributed by atoms with Gasteiger partial charge in [-0.1, -0.05) is 12.1 Å². The summed E-state index contributed by atoms with van der Waals surface area (Å²) in [5, 5.41) is 12.0. The van der Waals surface area contributed by atoms with Crippen LogP contribution < -0.4 is 11.1 Å². The van der Waals surface area contributed by atoms with E-state index in [-0.39, 0.29) is 17.9 Å². The van der Waals surface area contributed by atoms with E-state index in [1.807, 2.05) is 19.1 Å². The SMILES string of the molecule is Cc1cccc(C(=O)NCC2(CO)CC2)c1N. The molecule has 1 saturated carbocycles. The Balaban J connectivity index is 2.02. The number of carbonyl (C=O) groups is 1. The van der Waals surface area contributed by atoms with E-state index < -0.39 is 0 Å². The minimum absolute atomic E-state index is 0.0752. The summed E-state index contributed by atoms with van der Waals surface area (Å²) < 4.78 is 0. The molecular weight excluding hydrogens is 216 g/mol. The minimum Gasteiger partial charge on any atom is -0.398 e. The Labute approximate surface area is 101 Å². The zero-order chi connectivity index (χ0) is 12.5. The van der Waals surface area contributed by atoms with E-state index in [0.29, 0.717) is 17.8 Å². The van der Waals surface area contributed by atoms with E-state index in [0.717, 1.165) is 18.4 Å². The van der Waals surface area contributed by atoms with Gasteiger partial charge in [0.15, 0.2) is 0 Å². The normalized spacial score (nSPS) is 16.6. The molecule has 0 saturated heterocycles. The van der Waals surface area contributed by atoms with Crippen LogP contribution in [0.5, 0.6) is 0 Å². The Morgan fingerprint density at radius 3 is 2.82 bits per heavy atom. The van der Waals surface area contributed by atoms with Crippen molar-refractivity contribution in [3.63, 3.8) is 0 Å². The highest BCUT2D eigenvalue weighted by atomic mass is 16.3. The number of rotatable bonds is 4. The molecule has 4 nitrogen and oxygen atoms in total. The van der Waals surface area contributed by atoms with Gasteiger partial charge in [-0.25, -0.2) is 0 Å². The van der Waals surface area contributed by atoms with Crippen molar-refractivity contribution in [2.75, 3.05) is 18.9 Å². The molecule has 0 bridgehead atoms. The number of nitrogens with two attached hydrogens (primary N) is 1. The first-order valence-electron chi connectivity index (χ1n) is 5.82. The van der Waals surface area contributed by atoms with Gasteiger partial charge in [0.1, 0.15) is 0 Å². The molecule has 0 atom stereocenters. The van der Waals surface area contributed by atoms with Crippen molar-refractivity contribution in [2.45, 2.75) is 19.8 Å². The molecule has 4 N–H and O–H groups in total. The molecule has 0 aliphatic heterocycles. The van der Waals surface area contributed by atoms with Crippen LogP contribution in [0.25, 0.3) is 0 Å². The topological polar surface area (TPSA) is 75.3 Å². The summed E-state index contributed by atoms with van der Waals surface area (Å²) in [5.41, 5.74) is 7.73. The zero-order valence-electron chi connectivity index (χ0n) is 9.99. The van der Waals surface area contributed by atoms with E-state index in [1.54, 1.807) is 6.07 Å². The van der Waals surface area contributed by atoms with Crippen molar-refractivity contribution in [1.82, 2.24) is 5.32 Å². The number of hydrogen-bond donors (Lipinski definition) is 3. The summed E-state index contributed by atoms with van der Waals surface area (Å²) in [5.74, 6) is -0.161. The van der Waals surface area contributed by atoms with Gasteiger partial charge in [-0.15, -0.1) is 0 Å². The molecule has 17 heavy (non-hydrogen) atoms. The lowest BCUT2D eigenvalue weighted by molar-refractivity contribution is 0.0936. The second-order valence-electron chi connectivity index (χ2n) is 4.88. The number of para-hydroxylation sites is 1. The highest BCUT2D eigenvalue weighted by molar-refractivity contribution is 5.99. The number of aliphatic hydroxyl groups excluding tert-OH is 1. The lowest BCUT2D eigenvalue weighted by atomic mass is 10.1. The predicted molar refractivity (Wildman–Crippen MR) is 66.7 cm³/mol. The summed E-state index contributed by atoms with van der Waals surface area (Å²) in [6.45, 7) is 2.54. The molecule has 0 aromatic heterocycles. The molecule has 1 aliphatic carbocycles. The summed E-state index contributed by atoms with van der Waals surface area (Å²) in [7, 11) is 0. The Morgan fingerprint density at radius 1 is 1.53 bits per heavy atom. The van der Waals surface area contributed by atoms with Crippen LogP contribution in [0.3, 0.4) is 0 Å². The molecule has 1 aromatic carbocycles. The number of amides is 1. The molecule has 0 heterocycles. The fraction of sp³-hybridized carbons (Fsp3) is 0.462. The zero-order valence-corrected chi connectivity index (χ0v) is 9.99. The average Bonchev–Trinajstić information content (AvgIpc) is 3.10. The van der Waals surface area contributed by atoms with Crippen LogP contribution in [0.4, 0.5) is 5.69 Å². The number of benzene rings is 1. The molecule has 0 unspecified atom stereocenters. The quantitative estimate of drug-likeness (QED) is 0.682. The van der Waals surface area contributed by atoms with Gasteiger partial charge < -0.3 is 16.2 Å². The average molecular weight is 234 g/mol. The molecule has 2 rings (SSSR count). The maximum absolute atomic E-state index is 11.9. The Morgan fingerprint density at radius 2 is 2.24 bits per heavy atom. The summed E-state index contributed by atoms with van der Waals surface area (Å²) >= 11 is 0. The third-order valence-electron chi connectivity index (χ3n) is 3.49. The van der Waals surface area contributed by atoms with E-state index in [1.165, 1.54) is 0 Å². The lowest BCUT2D eigenvalue weighted by Gasteiger charge is -2.14. The van der Waals surface area contributed by atoms with Crippen LogP contribution in [0.15, 0.2) is 18.2 Å². The van der Waals surface area contributed by atoms with Gasteiger partial charge in [-0.2, -0.15) is 0 Å². The van der Waals surface area contributed by atoms with Crippen molar-refractivity contribution in [3.05, 3.63) is 29.3 Å². The summed E-state index contributed by atoms with van der Waals surface area (Å²) in [4.78, 5) is 11.9. The van der Waals surface area contributed by atoms with Crippen LogP contribution in [0.2, 0.25) is 0 Å². The fourth-order valence-electron chi connectivity index (χ4n) is 1.81. The third-order valence-corrected chi connectivity index (χ3v) is 3.49. The number of aliphatic hydroxyl groups is 1. The molecular formula is C13H18N2O2. The molecule has 0 radical (unpaired) electrons. The maximum atomic E-state index is 11.9.